The molecule has 0 aliphatic rings. The molecule has 0 saturated carbocycles. The van der Waals surface area contributed by atoms with E-state index in [1.54, 1.807) is 19.1 Å². The van der Waals surface area contributed by atoms with Crippen LogP contribution in [-0.4, -0.2) is 20.2 Å². The standard InChI is InChI=1S/C6H9N3O2S/c1-2-6(5-8)12(10,11)9-4-3-7/h6,9H,2,4H2,1H3. The van der Waals surface area contributed by atoms with Gasteiger partial charge in [0, 0.05) is 0 Å². The van der Waals surface area contributed by atoms with Crippen molar-refractivity contribution in [2.45, 2.75) is 18.6 Å². The average Bonchev–Trinajstić information content (AvgIpc) is 2.03. The van der Waals surface area contributed by atoms with Crippen molar-refractivity contribution in [3.8, 4) is 12.1 Å². The number of rotatable bonds is 4. The molecule has 12 heavy (non-hydrogen) atoms. The fourth-order valence-corrected chi connectivity index (χ4v) is 1.66. The van der Waals surface area contributed by atoms with Crippen molar-refractivity contribution < 1.29 is 8.42 Å². The predicted molar refractivity (Wildman–Crippen MR) is 42.2 cm³/mol. The molecule has 0 aliphatic carbocycles. The number of nitrogens with zero attached hydrogens (tertiary/aromatic N) is 2. The van der Waals surface area contributed by atoms with Crippen LogP contribution >= 0.6 is 0 Å². The molecular formula is C6H9N3O2S. The fourth-order valence-electron chi connectivity index (χ4n) is 0.614. The minimum atomic E-state index is -3.62. The van der Waals surface area contributed by atoms with E-state index in [1.807, 2.05) is 4.72 Å². The first kappa shape index (κ1) is 10.9. The number of sulfonamides is 1. The summed E-state index contributed by atoms with van der Waals surface area (Å²) in [6.45, 7) is 1.31. The largest absolute Gasteiger partial charge is 0.228 e. The third-order valence-electron chi connectivity index (χ3n) is 1.24. The molecule has 0 spiro atoms. The molecule has 6 heteroatoms. The Bertz CT molecular complexity index is 309. The SMILES string of the molecule is CCC(C#N)S(=O)(=O)NCC#N. The number of hydrogen-bond acceptors (Lipinski definition) is 4. The highest BCUT2D eigenvalue weighted by Gasteiger charge is 2.22. The molecule has 0 radical (unpaired) electrons. The van der Waals surface area contributed by atoms with E-state index in [4.69, 9.17) is 10.5 Å². The van der Waals surface area contributed by atoms with Gasteiger partial charge in [0.05, 0.1) is 18.7 Å². The number of hydrogen-bond donors (Lipinski definition) is 1. The molecule has 1 atom stereocenters. The molecule has 0 heterocycles. The molecule has 0 aliphatic heterocycles. The lowest BCUT2D eigenvalue weighted by atomic mass is 10.4. The van der Waals surface area contributed by atoms with E-state index in [9.17, 15) is 8.42 Å². The molecule has 0 saturated heterocycles. The second kappa shape index (κ2) is 4.70. The summed E-state index contributed by atoms with van der Waals surface area (Å²) in [4.78, 5) is 0. The monoisotopic (exact) mass is 187 g/mol. The zero-order valence-electron chi connectivity index (χ0n) is 6.61. The molecule has 0 rings (SSSR count). The summed E-state index contributed by atoms with van der Waals surface area (Å²) in [5, 5.41) is 15.4. The van der Waals surface area contributed by atoms with Crippen LogP contribution in [0, 0.1) is 22.7 Å². The van der Waals surface area contributed by atoms with E-state index in [-0.39, 0.29) is 13.0 Å². The highest BCUT2D eigenvalue weighted by molar-refractivity contribution is 7.90. The first-order chi connectivity index (χ1) is 5.58. The lowest BCUT2D eigenvalue weighted by Crippen LogP contribution is -2.33. The Morgan fingerprint density at radius 2 is 2.08 bits per heavy atom. The molecule has 1 N–H and O–H groups in total. The van der Waals surface area contributed by atoms with Gasteiger partial charge in [-0.25, -0.2) is 8.42 Å². The van der Waals surface area contributed by atoms with Crippen LogP contribution in [0.3, 0.4) is 0 Å². The first-order valence-electron chi connectivity index (χ1n) is 3.33. The Morgan fingerprint density at radius 3 is 2.42 bits per heavy atom. The topological polar surface area (TPSA) is 93.8 Å². The van der Waals surface area contributed by atoms with Gasteiger partial charge >= 0.3 is 0 Å². The van der Waals surface area contributed by atoms with Gasteiger partial charge in [-0.15, -0.1) is 0 Å². The number of nitriles is 2. The van der Waals surface area contributed by atoms with Crippen molar-refractivity contribution in [2.75, 3.05) is 6.54 Å². The van der Waals surface area contributed by atoms with Crippen LogP contribution < -0.4 is 4.72 Å². The van der Waals surface area contributed by atoms with Gasteiger partial charge in [-0.05, 0) is 6.42 Å². The van der Waals surface area contributed by atoms with E-state index in [1.165, 1.54) is 0 Å². The lowest BCUT2D eigenvalue weighted by molar-refractivity contribution is 0.577. The smallest absolute Gasteiger partial charge is 0.211 e. The molecule has 0 bridgehead atoms. The van der Waals surface area contributed by atoms with Crippen LogP contribution in [0.5, 0.6) is 0 Å². The second-order valence-electron chi connectivity index (χ2n) is 2.05. The maximum atomic E-state index is 11.1. The van der Waals surface area contributed by atoms with E-state index in [2.05, 4.69) is 0 Å². The molecule has 0 aromatic rings. The molecular weight excluding hydrogens is 178 g/mol. The van der Waals surface area contributed by atoms with Gasteiger partial charge in [0.15, 0.2) is 5.25 Å². The molecule has 0 amide bonds. The zero-order valence-corrected chi connectivity index (χ0v) is 7.43. The van der Waals surface area contributed by atoms with Crippen LogP contribution in [0.4, 0.5) is 0 Å². The van der Waals surface area contributed by atoms with Gasteiger partial charge in [0.25, 0.3) is 0 Å². The minimum absolute atomic E-state index is 0.220. The summed E-state index contributed by atoms with van der Waals surface area (Å²) in [5.41, 5.74) is 0. The highest BCUT2D eigenvalue weighted by atomic mass is 32.2. The molecule has 0 aromatic heterocycles. The van der Waals surface area contributed by atoms with Gasteiger partial charge in [0.2, 0.25) is 10.0 Å². The van der Waals surface area contributed by atoms with Crippen LogP contribution in [0.1, 0.15) is 13.3 Å². The first-order valence-corrected chi connectivity index (χ1v) is 4.88. The number of nitrogens with one attached hydrogen (secondary N) is 1. The highest BCUT2D eigenvalue weighted by Crippen LogP contribution is 2.01. The third-order valence-corrected chi connectivity index (χ3v) is 2.98. The van der Waals surface area contributed by atoms with Gasteiger partial charge in [-0.1, -0.05) is 6.92 Å². The summed E-state index contributed by atoms with van der Waals surface area (Å²) >= 11 is 0. The quantitative estimate of drug-likeness (QED) is 0.613. The van der Waals surface area contributed by atoms with Crippen molar-refractivity contribution in [1.82, 2.24) is 4.72 Å². The Morgan fingerprint density at radius 1 is 1.50 bits per heavy atom. The van der Waals surface area contributed by atoms with E-state index >= 15 is 0 Å². The van der Waals surface area contributed by atoms with Crippen LogP contribution in [0.2, 0.25) is 0 Å². The van der Waals surface area contributed by atoms with Crippen LogP contribution in [-0.2, 0) is 10.0 Å². The van der Waals surface area contributed by atoms with Gasteiger partial charge in [-0.3, -0.25) is 0 Å². The molecule has 5 nitrogen and oxygen atoms in total. The van der Waals surface area contributed by atoms with E-state index < -0.39 is 15.3 Å². The Kier molecular flexibility index (Phi) is 4.27. The van der Waals surface area contributed by atoms with Crippen molar-refractivity contribution in [3.05, 3.63) is 0 Å². The summed E-state index contributed by atoms with van der Waals surface area (Å²) < 4.78 is 24.1. The molecule has 1 unspecified atom stereocenters. The van der Waals surface area contributed by atoms with E-state index in [0.29, 0.717) is 0 Å². The maximum Gasteiger partial charge on any atom is 0.228 e. The van der Waals surface area contributed by atoms with Gasteiger partial charge in [0.1, 0.15) is 0 Å². The summed E-state index contributed by atoms with van der Waals surface area (Å²) in [6.07, 6.45) is 0.220. The van der Waals surface area contributed by atoms with Crippen LogP contribution in [0.15, 0.2) is 0 Å². The Hall–Kier alpha value is -1.11. The Labute approximate surface area is 71.7 Å². The normalized spacial score (nSPS) is 12.9. The maximum absolute atomic E-state index is 11.1. The minimum Gasteiger partial charge on any atom is -0.211 e. The average molecular weight is 187 g/mol. The van der Waals surface area contributed by atoms with Gasteiger partial charge in [-0.2, -0.15) is 15.2 Å². The van der Waals surface area contributed by atoms with Crippen molar-refractivity contribution in [2.24, 2.45) is 0 Å². The predicted octanol–water partition coefficient (Wildman–Crippen LogP) is -0.268. The van der Waals surface area contributed by atoms with Gasteiger partial charge < -0.3 is 0 Å². The van der Waals surface area contributed by atoms with E-state index in [0.717, 1.165) is 0 Å². The second-order valence-corrected chi connectivity index (χ2v) is 4.00. The molecule has 66 valence electrons. The van der Waals surface area contributed by atoms with Crippen molar-refractivity contribution in [3.63, 3.8) is 0 Å². The lowest BCUT2D eigenvalue weighted by Gasteiger charge is -2.06. The van der Waals surface area contributed by atoms with Crippen molar-refractivity contribution in [1.29, 1.82) is 10.5 Å². The van der Waals surface area contributed by atoms with Crippen LogP contribution in [0.25, 0.3) is 0 Å². The van der Waals surface area contributed by atoms with Crippen molar-refractivity contribution >= 4 is 10.0 Å². The molecule has 0 fully saturated rings. The third kappa shape index (κ3) is 2.87. The Balaban J connectivity index is 4.43. The summed E-state index contributed by atoms with van der Waals surface area (Å²) in [5.74, 6) is 0. The summed E-state index contributed by atoms with van der Waals surface area (Å²) in [6, 6.07) is 3.27. The molecule has 0 aromatic carbocycles. The fraction of sp³-hybridized carbons (Fsp3) is 0.667. The zero-order chi connectivity index (χ0) is 9.61. The summed E-state index contributed by atoms with van der Waals surface area (Å²) in [7, 11) is -3.62.